The van der Waals surface area contributed by atoms with E-state index in [2.05, 4.69) is 41.5 Å². The van der Waals surface area contributed by atoms with Gasteiger partial charge < -0.3 is 4.57 Å². The predicted molar refractivity (Wildman–Crippen MR) is 116 cm³/mol. The Morgan fingerprint density at radius 3 is 2.54 bits per heavy atom. The van der Waals surface area contributed by atoms with Crippen molar-refractivity contribution in [1.29, 1.82) is 0 Å². The Hall–Kier alpha value is -3.05. The van der Waals surface area contributed by atoms with E-state index in [1.165, 1.54) is 15.7 Å². The summed E-state index contributed by atoms with van der Waals surface area (Å²) in [5, 5.41) is 2.13. The van der Waals surface area contributed by atoms with E-state index in [4.69, 9.17) is 0 Å². The Kier molecular flexibility index (Phi) is 4.69. The molecule has 1 aliphatic rings. The van der Waals surface area contributed by atoms with E-state index in [0.717, 1.165) is 34.4 Å². The SMILES string of the molecule is C=CCN1C(=O)S/C(=C/c2cc(C)n(-c3ccc4ccccc4c3)c2C)C1=O. The number of carbonyl (C=O) groups excluding carboxylic acids is 2. The summed E-state index contributed by atoms with van der Waals surface area (Å²) in [6, 6.07) is 16.7. The fraction of sp³-hybridized carbons (Fsp3) is 0.130. The summed E-state index contributed by atoms with van der Waals surface area (Å²) in [5.41, 5.74) is 4.12. The van der Waals surface area contributed by atoms with Crippen molar-refractivity contribution >= 4 is 39.8 Å². The van der Waals surface area contributed by atoms with Gasteiger partial charge >= 0.3 is 0 Å². The Balaban J connectivity index is 1.74. The number of aryl methyl sites for hydroxylation is 1. The van der Waals surface area contributed by atoms with Crippen molar-refractivity contribution in [3.63, 3.8) is 0 Å². The van der Waals surface area contributed by atoms with Crippen LogP contribution in [0.2, 0.25) is 0 Å². The van der Waals surface area contributed by atoms with Crippen LogP contribution in [0.1, 0.15) is 17.0 Å². The molecule has 0 N–H and O–H groups in total. The number of benzene rings is 2. The predicted octanol–water partition coefficient (Wildman–Crippen LogP) is 5.47. The standard InChI is InChI=1S/C23H20N2O2S/c1-4-11-24-22(26)21(28-23(24)27)14-19-12-15(2)25(16(19)3)20-10-9-17-7-5-6-8-18(17)13-20/h4-10,12-14H,1,11H2,2-3H3/b21-14+. The zero-order valence-corrected chi connectivity index (χ0v) is 16.6. The van der Waals surface area contributed by atoms with Gasteiger partial charge in [0.05, 0.1) is 4.91 Å². The molecular weight excluding hydrogens is 368 g/mol. The minimum Gasteiger partial charge on any atom is -0.318 e. The summed E-state index contributed by atoms with van der Waals surface area (Å²) in [6.07, 6.45) is 3.37. The second-order valence-electron chi connectivity index (χ2n) is 6.77. The minimum absolute atomic E-state index is 0.234. The van der Waals surface area contributed by atoms with E-state index < -0.39 is 0 Å². The van der Waals surface area contributed by atoms with Gasteiger partial charge in [0.15, 0.2) is 0 Å². The van der Waals surface area contributed by atoms with Crippen LogP contribution in [0, 0.1) is 13.8 Å². The molecule has 0 bridgehead atoms. The number of aromatic nitrogens is 1. The summed E-state index contributed by atoms with van der Waals surface area (Å²) in [5.74, 6) is -0.259. The normalized spacial score (nSPS) is 15.8. The first-order valence-electron chi connectivity index (χ1n) is 9.04. The average molecular weight is 388 g/mol. The van der Waals surface area contributed by atoms with Crippen molar-refractivity contribution in [1.82, 2.24) is 9.47 Å². The van der Waals surface area contributed by atoms with E-state index in [-0.39, 0.29) is 17.7 Å². The molecule has 0 radical (unpaired) electrons. The summed E-state index contributed by atoms with van der Waals surface area (Å²) < 4.78 is 2.17. The molecule has 0 atom stereocenters. The third-order valence-corrected chi connectivity index (χ3v) is 5.84. The molecule has 28 heavy (non-hydrogen) atoms. The number of nitrogens with zero attached hydrogens (tertiary/aromatic N) is 2. The minimum atomic E-state index is -0.259. The molecule has 0 saturated carbocycles. The number of carbonyl (C=O) groups is 2. The molecule has 4 nitrogen and oxygen atoms in total. The lowest BCUT2D eigenvalue weighted by Crippen LogP contribution is -2.27. The van der Waals surface area contributed by atoms with E-state index in [1.54, 1.807) is 6.08 Å². The van der Waals surface area contributed by atoms with Crippen LogP contribution in [0.5, 0.6) is 0 Å². The van der Waals surface area contributed by atoms with Crippen LogP contribution in [-0.4, -0.2) is 27.2 Å². The summed E-state index contributed by atoms with van der Waals surface area (Å²) in [7, 11) is 0. The summed E-state index contributed by atoms with van der Waals surface area (Å²) >= 11 is 0.980. The highest BCUT2D eigenvalue weighted by Crippen LogP contribution is 2.34. The first kappa shape index (κ1) is 18.3. The monoisotopic (exact) mass is 388 g/mol. The van der Waals surface area contributed by atoms with Gasteiger partial charge in [-0.15, -0.1) is 6.58 Å². The lowest BCUT2D eigenvalue weighted by molar-refractivity contribution is -0.122. The lowest BCUT2D eigenvalue weighted by Gasteiger charge is -2.11. The molecule has 1 aliphatic heterocycles. The van der Waals surface area contributed by atoms with Gasteiger partial charge in [0.1, 0.15) is 0 Å². The first-order valence-corrected chi connectivity index (χ1v) is 9.85. The third kappa shape index (κ3) is 3.08. The van der Waals surface area contributed by atoms with Gasteiger partial charge in [-0.3, -0.25) is 14.5 Å². The van der Waals surface area contributed by atoms with Gasteiger partial charge in [0.25, 0.3) is 11.1 Å². The number of fused-ring (bicyclic) bond motifs is 1. The number of imide groups is 1. The van der Waals surface area contributed by atoms with Gasteiger partial charge in [0.2, 0.25) is 0 Å². The Morgan fingerprint density at radius 2 is 1.79 bits per heavy atom. The number of amides is 2. The number of hydrogen-bond donors (Lipinski definition) is 0. The van der Waals surface area contributed by atoms with Crippen molar-refractivity contribution < 1.29 is 9.59 Å². The first-order chi connectivity index (χ1) is 13.5. The molecule has 0 unspecified atom stereocenters. The van der Waals surface area contributed by atoms with Crippen molar-refractivity contribution in [2.75, 3.05) is 6.54 Å². The Labute approximate surface area is 168 Å². The highest BCUT2D eigenvalue weighted by atomic mass is 32.2. The molecule has 1 saturated heterocycles. The Morgan fingerprint density at radius 1 is 1.04 bits per heavy atom. The fourth-order valence-corrected chi connectivity index (χ4v) is 4.41. The number of rotatable bonds is 4. The van der Waals surface area contributed by atoms with Crippen LogP contribution >= 0.6 is 11.8 Å². The highest BCUT2D eigenvalue weighted by molar-refractivity contribution is 8.18. The highest BCUT2D eigenvalue weighted by Gasteiger charge is 2.34. The van der Waals surface area contributed by atoms with Crippen LogP contribution in [0.15, 0.2) is 66.1 Å². The molecule has 1 aromatic heterocycles. The zero-order chi connectivity index (χ0) is 19.8. The molecule has 2 amide bonds. The molecule has 140 valence electrons. The Bertz CT molecular complexity index is 1160. The molecule has 0 spiro atoms. The number of thioether (sulfide) groups is 1. The fourth-order valence-electron chi connectivity index (χ4n) is 3.57. The molecular formula is C23H20N2O2S. The second-order valence-corrected chi connectivity index (χ2v) is 7.77. The molecule has 1 fully saturated rings. The quantitative estimate of drug-likeness (QED) is 0.440. The molecule has 2 aromatic carbocycles. The maximum Gasteiger partial charge on any atom is 0.293 e. The molecule has 4 rings (SSSR count). The molecule has 3 aromatic rings. The van der Waals surface area contributed by atoms with Crippen molar-refractivity contribution in [3.8, 4) is 5.69 Å². The van der Waals surface area contributed by atoms with Crippen LogP contribution < -0.4 is 0 Å². The van der Waals surface area contributed by atoms with E-state index in [1.807, 2.05) is 38.1 Å². The topological polar surface area (TPSA) is 42.3 Å². The van der Waals surface area contributed by atoms with Crippen molar-refractivity contribution in [3.05, 3.63) is 83.0 Å². The molecule has 0 aliphatic carbocycles. The smallest absolute Gasteiger partial charge is 0.293 e. The molecule has 2 heterocycles. The van der Waals surface area contributed by atoms with Crippen LogP contribution in [0.25, 0.3) is 22.5 Å². The van der Waals surface area contributed by atoms with Crippen LogP contribution in [-0.2, 0) is 4.79 Å². The second kappa shape index (κ2) is 7.17. The number of hydrogen-bond acceptors (Lipinski definition) is 3. The summed E-state index contributed by atoms with van der Waals surface area (Å²) in [6.45, 7) is 7.92. The van der Waals surface area contributed by atoms with E-state index in [0.29, 0.717) is 4.91 Å². The lowest BCUT2D eigenvalue weighted by atomic mass is 10.1. The van der Waals surface area contributed by atoms with Crippen molar-refractivity contribution in [2.24, 2.45) is 0 Å². The van der Waals surface area contributed by atoms with Gasteiger partial charge in [-0.2, -0.15) is 0 Å². The van der Waals surface area contributed by atoms with Gasteiger partial charge in [-0.1, -0.05) is 36.4 Å². The maximum atomic E-state index is 12.5. The van der Waals surface area contributed by atoms with Gasteiger partial charge in [0, 0.05) is 23.6 Å². The average Bonchev–Trinajstić information content (AvgIpc) is 3.11. The zero-order valence-electron chi connectivity index (χ0n) is 15.8. The van der Waals surface area contributed by atoms with Gasteiger partial charge in [-0.25, -0.2) is 0 Å². The van der Waals surface area contributed by atoms with Gasteiger partial charge in [-0.05, 0) is 66.2 Å². The van der Waals surface area contributed by atoms with Crippen molar-refractivity contribution in [2.45, 2.75) is 13.8 Å². The molecule has 5 heteroatoms. The largest absolute Gasteiger partial charge is 0.318 e. The van der Waals surface area contributed by atoms with E-state index >= 15 is 0 Å². The van der Waals surface area contributed by atoms with Crippen LogP contribution in [0.4, 0.5) is 4.79 Å². The maximum absolute atomic E-state index is 12.5. The third-order valence-electron chi connectivity index (χ3n) is 4.93. The van der Waals surface area contributed by atoms with E-state index in [9.17, 15) is 9.59 Å². The van der Waals surface area contributed by atoms with Crippen LogP contribution in [0.3, 0.4) is 0 Å². The summed E-state index contributed by atoms with van der Waals surface area (Å²) in [4.78, 5) is 26.2.